The van der Waals surface area contributed by atoms with Crippen LogP contribution in [0.4, 0.5) is 11.4 Å². The van der Waals surface area contributed by atoms with Gasteiger partial charge < -0.3 is 4.90 Å². The molecular weight excluding hydrogens is 448 g/mol. The van der Waals surface area contributed by atoms with Crippen LogP contribution in [0.1, 0.15) is 70.9 Å². The molecule has 1 aliphatic carbocycles. The molecule has 5 rings (SSSR count). The van der Waals surface area contributed by atoms with Gasteiger partial charge in [0, 0.05) is 46.9 Å². The average molecular weight is 488 g/mol. The van der Waals surface area contributed by atoms with Crippen LogP contribution in [0.2, 0.25) is 0 Å². The topological polar surface area (TPSA) is 6.25 Å². The zero-order valence-electron chi connectivity index (χ0n) is 22.2. The van der Waals surface area contributed by atoms with Crippen molar-refractivity contribution in [1.29, 1.82) is 0 Å². The molecule has 2 aromatic carbocycles. The van der Waals surface area contributed by atoms with Crippen LogP contribution in [-0.4, -0.2) is 30.4 Å². The Morgan fingerprint density at radius 1 is 0.971 bits per heavy atom. The molecule has 0 spiro atoms. The molecule has 35 heavy (non-hydrogen) atoms. The van der Waals surface area contributed by atoms with Crippen molar-refractivity contribution in [3.63, 3.8) is 0 Å². The summed E-state index contributed by atoms with van der Waals surface area (Å²) in [4.78, 5) is 2.50. The monoisotopic (exact) mass is 487 g/mol. The largest absolute Gasteiger partial charge is 0.370 e. The number of allylic oxidation sites excluding steroid dienone is 4. The predicted molar refractivity (Wildman–Crippen MR) is 151 cm³/mol. The fraction of sp³-hybridized carbons (Fsp3) is 0.469. The minimum absolute atomic E-state index is 0.00338. The SMILES string of the molecule is CN1c2ccccc2C(C)(C)C1CCC1CCCC(C=CC2=[N+](C)c3ccccc3C2(C)C)=C1Cl. The average Bonchev–Trinajstić information content (AvgIpc) is 3.16. The number of anilines is 1. The molecular formula is C32H40ClN2+. The van der Waals surface area contributed by atoms with E-state index in [0.717, 1.165) is 17.9 Å². The molecule has 0 saturated heterocycles. The highest BCUT2D eigenvalue weighted by atomic mass is 35.5. The molecule has 0 aromatic heterocycles. The van der Waals surface area contributed by atoms with Gasteiger partial charge in [-0.25, -0.2) is 0 Å². The summed E-state index contributed by atoms with van der Waals surface area (Å²) in [5.41, 5.74) is 8.39. The predicted octanol–water partition coefficient (Wildman–Crippen LogP) is 8.12. The Bertz CT molecular complexity index is 1230. The van der Waals surface area contributed by atoms with Crippen LogP contribution in [-0.2, 0) is 10.8 Å². The quantitative estimate of drug-likeness (QED) is 0.386. The molecule has 0 N–H and O–H groups in total. The maximum atomic E-state index is 7.10. The van der Waals surface area contributed by atoms with Gasteiger partial charge in [0.1, 0.15) is 7.05 Å². The Kier molecular flexibility index (Phi) is 6.24. The lowest BCUT2D eigenvalue weighted by atomic mass is 9.76. The third kappa shape index (κ3) is 3.99. The summed E-state index contributed by atoms with van der Waals surface area (Å²) in [5, 5.41) is 1.10. The van der Waals surface area contributed by atoms with E-state index >= 15 is 0 Å². The van der Waals surface area contributed by atoms with Crippen LogP contribution in [0.3, 0.4) is 0 Å². The van der Waals surface area contributed by atoms with Crippen LogP contribution in [0.25, 0.3) is 0 Å². The first-order chi connectivity index (χ1) is 16.6. The fourth-order valence-electron chi connectivity index (χ4n) is 7.03. The standard InChI is InChI=1S/C32H40ClN2/c1-31(2)24-14-7-9-16-26(24)34(5)28(31)20-18-22-12-11-13-23(30(22)33)19-21-29-32(3,4)25-15-8-10-17-27(25)35(29)6/h7-10,14-18,20,23,29H,11-13,19,21H2,1-6H3/q+1. The van der Waals surface area contributed by atoms with Crippen LogP contribution < -0.4 is 4.90 Å². The van der Waals surface area contributed by atoms with Crippen LogP contribution in [0, 0.1) is 5.92 Å². The van der Waals surface area contributed by atoms with E-state index in [1.807, 2.05) is 0 Å². The second-order valence-corrected chi connectivity index (χ2v) is 12.2. The van der Waals surface area contributed by atoms with Crippen LogP contribution in [0.5, 0.6) is 0 Å². The number of likely N-dealkylation sites (N-methyl/N-ethyl adjacent to an activating group) is 1. The van der Waals surface area contributed by atoms with Crippen molar-refractivity contribution in [2.24, 2.45) is 5.92 Å². The maximum absolute atomic E-state index is 7.10. The number of para-hydroxylation sites is 2. The third-order valence-electron chi connectivity index (χ3n) is 9.11. The van der Waals surface area contributed by atoms with E-state index in [9.17, 15) is 0 Å². The summed E-state index contributed by atoms with van der Waals surface area (Å²) < 4.78 is 2.34. The lowest BCUT2D eigenvalue weighted by Gasteiger charge is -2.34. The Morgan fingerprint density at radius 2 is 1.66 bits per heavy atom. The molecule has 2 heterocycles. The Hall–Kier alpha value is -2.32. The van der Waals surface area contributed by atoms with Crippen LogP contribution in [0.15, 0.2) is 71.3 Å². The first-order valence-corrected chi connectivity index (χ1v) is 13.6. The fourth-order valence-corrected chi connectivity index (χ4v) is 7.41. The lowest BCUT2D eigenvalue weighted by molar-refractivity contribution is -0.401. The highest BCUT2D eigenvalue weighted by Gasteiger charge is 2.44. The van der Waals surface area contributed by atoms with Crippen molar-refractivity contribution >= 4 is 28.7 Å². The molecule has 2 unspecified atom stereocenters. The van der Waals surface area contributed by atoms with Crippen molar-refractivity contribution in [3.8, 4) is 0 Å². The molecule has 0 fully saturated rings. The first kappa shape index (κ1) is 24.4. The molecule has 2 nitrogen and oxygen atoms in total. The van der Waals surface area contributed by atoms with Gasteiger partial charge in [0.25, 0.3) is 0 Å². The lowest BCUT2D eigenvalue weighted by Crippen LogP contribution is -2.39. The van der Waals surface area contributed by atoms with Gasteiger partial charge in [-0.05, 0) is 69.1 Å². The van der Waals surface area contributed by atoms with Crippen molar-refractivity contribution in [2.45, 2.75) is 76.7 Å². The third-order valence-corrected chi connectivity index (χ3v) is 9.67. The van der Waals surface area contributed by atoms with Crippen molar-refractivity contribution in [3.05, 3.63) is 82.4 Å². The smallest absolute Gasteiger partial charge is 0.209 e. The normalized spacial score (nSPS) is 24.9. The second-order valence-electron chi connectivity index (χ2n) is 11.8. The Morgan fingerprint density at radius 3 is 2.37 bits per heavy atom. The molecule has 3 heteroatoms. The van der Waals surface area contributed by atoms with Crippen LogP contribution >= 0.6 is 11.6 Å². The molecule has 0 bridgehead atoms. The summed E-state index contributed by atoms with van der Waals surface area (Å²) >= 11 is 7.10. The number of hydrogen-bond acceptors (Lipinski definition) is 1. The summed E-state index contributed by atoms with van der Waals surface area (Å²) in [6.45, 7) is 9.46. The zero-order valence-corrected chi connectivity index (χ0v) is 23.0. The molecule has 0 amide bonds. The van der Waals surface area contributed by atoms with Gasteiger partial charge in [0.15, 0.2) is 5.71 Å². The molecule has 3 aliphatic rings. The summed E-state index contributed by atoms with van der Waals surface area (Å²) in [7, 11) is 4.45. The van der Waals surface area contributed by atoms with Gasteiger partial charge in [-0.2, -0.15) is 4.58 Å². The van der Waals surface area contributed by atoms with Gasteiger partial charge in [-0.1, -0.05) is 67.9 Å². The number of halogens is 1. The summed E-state index contributed by atoms with van der Waals surface area (Å²) in [5.74, 6) is 0.467. The minimum atomic E-state index is -0.00338. The van der Waals surface area contributed by atoms with Gasteiger partial charge in [0.05, 0.1) is 5.41 Å². The highest BCUT2D eigenvalue weighted by molar-refractivity contribution is 6.30. The van der Waals surface area contributed by atoms with E-state index in [2.05, 4.69) is 112 Å². The van der Waals surface area contributed by atoms with E-state index in [4.69, 9.17) is 11.6 Å². The minimum Gasteiger partial charge on any atom is -0.370 e. The number of nitrogens with zero attached hydrogens (tertiary/aromatic N) is 2. The highest BCUT2D eigenvalue weighted by Crippen LogP contribution is 2.47. The van der Waals surface area contributed by atoms with E-state index in [1.165, 1.54) is 53.0 Å². The van der Waals surface area contributed by atoms with E-state index in [0.29, 0.717) is 12.0 Å². The van der Waals surface area contributed by atoms with Crippen molar-refractivity contribution in [2.75, 3.05) is 19.0 Å². The molecule has 0 radical (unpaired) electrons. The van der Waals surface area contributed by atoms with Gasteiger partial charge >= 0.3 is 0 Å². The van der Waals surface area contributed by atoms with Crippen molar-refractivity contribution < 1.29 is 4.58 Å². The number of hydrogen-bond donors (Lipinski definition) is 0. The molecule has 2 aliphatic heterocycles. The molecule has 2 aromatic rings. The van der Waals surface area contributed by atoms with Gasteiger partial charge in [-0.15, -0.1) is 0 Å². The molecule has 184 valence electrons. The summed E-state index contributed by atoms with van der Waals surface area (Å²) in [6.07, 6.45) is 10.5. The van der Waals surface area contributed by atoms with E-state index in [-0.39, 0.29) is 10.8 Å². The zero-order chi connectivity index (χ0) is 25.0. The van der Waals surface area contributed by atoms with E-state index < -0.39 is 0 Å². The number of fused-ring (bicyclic) bond motifs is 2. The Balaban J connectivity index is 1.33. The Labute approximate surface area is 217 Å². The maximum Gasteiger partial charge on any atom is 0.209 e. The molecule has 2 atom stereocenters. The number of benzene rings is 2. The second kappa shape index (κ2) is 8.96. The van der Waals surface area contributed by atoms with Gasteiger partial charge in [-0.3, -0.25) is 0 Å². The number of rotatable bonds is 5. The summed E-state index contributed by atoms with van der Waals surface area (Å²) in [6, 6.07) is 18.2. The van der Waals surface area contributed by atoms with E-state index in [1.54, 1.807) is 0 Å². The van der Waals surface area contributed by atoms with Crippen molar-refractivity contribution in [1.82, 2.24) is 0 Å². The first-order valence-electron chi connectivity index (χ1n) is 13.2. The van der Waals surface area contributed by atoms with Gasteiger partial charge in [0.2, 0.25) is 5.69 Å². The molecule has 0 saturated carbocycles.